The van der Waals surface area contributed by atoms with Crippen molar-refractivity contribution in [1.82, 2.24) is 20.2 Å². The first-order chi connectivity index (χ1) is 10.8. The van der Waals surface area contributed by atoms with E-state index in [1.54, 1.807) is 6.92 Å². The summed E-state index contributed by atoms with van der Waals surface area (Å²) in [7, 11) is 0. The summed E-state index contributed by atoms with van der Waals surface area (Å²) in [6, 6.07) is 5.02. The van der Waals surface area contributed by atoms with Crippen molar-refractivity contribution in [3.05, 3.63) is 24.3 Å². The Balaban J connectivity index is 2.20. The molecule has 0 radical (unpaired) electrons. The summed E-state index contributed by atoms with van der Waals surface area (Å²) in [4.78, 5) is 11.3. The van der Waals surface area contributed by atoms with Crippen LogP contribution in [0.4, 0.5) is 13.2 Å². The van der Waals surface area contributed by atoms with Gasteiger partial charge in [0.1, 0.15) is 5.75 Å². The SMILES string of the molecule is CCC(Sc1nnnn1-c1ccc(OC(F)(F)F)cc1)C(N)=O. The van der Waals surface area contributed by atoms with Gasteiger partial charge >= 0.3 is 6.36 Å². The molecule has 1 atom stereocenters. The van der Waals surface area contributed by atoms with Crippen LogP contribution in [0.2, 0.25) is 0 Å². The van der Waals surface area contributed by atoms with E-state index in [1.165, 1.54) is 16.8 Å². The number of hydrogen-bond acceptors (Lipinski definition) is 6. The lowest BCUT2D eigenvalue weighted by Crippen LogP contribution is -2.25. The molecule has 1 unspecified atom stereocenters. The molecule has 0 aliphatic rings. The topological polar surface area (TPSA) is 95.9 Å². The van der Waals surface area contributed by atoms with Gasteiger partial charge in [0.2, 0.25) is 11.1 Å². The Kier molecular flexibility index (Phi) is 5.08. The Morgan fingerprint density at radius 1 is 1.39 bits per heavy atom. The minimum Gasteiger partial charge on any atom is -0.406 e. The van der Waals surface area contributed by atoms with Gasteiger partial charge < -0.3 is 10.5 Å². The maximum Gasteiger partial charge on any atom is 0.573 e. The van der Waals surface area contributed by atoms with E-state index < -0.39 is 17.5 Å². The highest BCUT2D eigenvalue weighted by molar-refractivity contribution is 8.00. The number of nitrogens with zero attached hydrogens (tertiary/aromatic N) is 4. The second kappa shape index (κ2) is 6.86. The van der Waals surface area contributed by atoms with Gasteiger partial charge in [-0.3, -0.25) is 4.79 Å². The molecule has 2 N–H and O–H groups in total. The van der Waals surface area contributed by atoms with E-state index in [-0.39, 0.29) is 5.75 Å². The molecular weight excluding hydrogens is 335 g/mol. The number of amides is 1. The molecular formula is C12H12F3N5O2S. The number of carbonyl (C=O) groups is 1. The highest BCUT2D eigenvalue weighted by Gasteiger charge is 2.31. The van der Waals surface area contributed by atoms with Crippen LogP contribution < -0.4 is 10.5 Å². The Labute approximate surface area is 133 Å². The Morgan fingerprint density at radius 2 is 2.04 bits per heavy atom. The van der Waals surface area contributed by atoms with Crippen molar-refractivity contribution in [1.29, 1.82) is 0 Å². The van der Waals surface area contributed by atoms with Gasteiger partial charge in [-0.25, -0.2) is 0 Å². The monoisotopic (exact) mass is 347 g/mol. The fourth-order valence-electron chi connectivity index (χ4n) is 1.67. The second-order valence-electron chi connectivity index (χ2n) is 4.33. The Morgan fingerprint density at radius 3 is 2.57 bits per heavy atom. The van der Waals surface area contributed by atoms with Crippen molar-refractivity contribution in [3.8, 4) is 11.4 Å². The molecule has 1 aromatic carbocycles. The fraction of sp³-hybridized carbons (Fsp3) is 0.333. The first kappa shape index (κ1) is 17.1. The van der Waals surface area contributed by atoms with Crippen LogP contribution in [0.3, 0.4) is 0 Å². The second-order valence-corrected chi connectivity index (χ2v) is 5.50. The van der Waals surface area contributed by atoms with Crippen LogP contribution in [-0.2, 0) is 4.79 Å². The Hall–Kier alpha value is -2.30. The minimum atomic E-state index is -4.76. The molecule has 1 aromatic heterocycles. The smallest absolute Gasteiger partial charge is 0.406 e. The van der Waals surface area contributed by atoms with Crippen LogP contribution >= 0.6 is 11.8 Å². The predicted molar refractivity (Wildman–Crippen MR) is 75.0 cm³/mol. The molecule has 0 saturated carbocycles. The summed E-state index contributed by atoms with van der Waals surface area (Å²) in [6.45, 7) is 1.79. The average Bonchev–Trinajstić information content (AvgIpc) is 2.91. The standard InChI is InChI=1S/C12H12F3N5O2S/c1-2-9(10(16)21)23-11-17-18-19-20(11)7-3-5-8(6-4-7)22-12(13,14)15/h3-6,9H,2H2,1H3,(H2,16,21). The fourth-order valence-corrected chi connectivity index (χ4v) is 2.54. The third-order valence-electron chi connectivity index (χ3n) is 2.69. The first-order valence-electron chi connectivity index (χ1n) is 6.40. The lowest BCUT2D eigenvalue weighted by Gasteiger charge is -2.11. The minimum absolute atomic E-state index is 0.306. The summed E-state index contributed by atoms with van der Waals surface area (Å²) in [5, 5.41) is 10.9. The summed E-state index contributed by atoms with van der Waals surface area (Å²) in [5.74, 6) is -0.854. The van der Waals surface area contributed by atoms with E-state index >= 15 is 0 Å². The summed E-state index contributed by atoms with van der Waals surface area (Å²) >= 11 is 1.08. The third-order valence-corrected chi connectivity index (χ3v) is 4.01. The molecule has 2 rings (SSSR count). The van der Waals surface area contributed by atoms with Gasteiger partial charge in [-0.2, -0.15) is 4.68 Å². The number of aromatic nitrogens is 4. The van der Waals surface area contributed by atoms with E-state index in [2.05, 4.69) is 20.3 Å². The quantitative estimate of drug-likeness (QED) is 0.802. The number of halogens is 3. The lowest BCUT2D eigenvalue weighted by atomic mass is 10.3. The third kappa shape index (κ3) is 4.58. The molecule has 23 heavy (non-hydrogen) atoms. The van der Waals surface area contributed by atoms with E-state index in [4.69, 9.17) is 5.73 Å². The number of carbonyl (C=O) groups excluding carboxylic acids is 1. The van der Waals surface area contributed by atoms with E-state index in [0.717, 1.165) is 23.9 Å². The summed E-state index contributed by atoms with van der Waals surface area (Å²) < 4.78 is 41.5. The Bertz CT molecular complexity index is 674. The van der Waals surface area contributed by atoms with Crippen LogP contribution in [0.15, 0.2) is 29.4 Å². The molecule has 0 fully saturated rings. The van der Waals surface area contributed by atoms with Crippen LogP contribution in [0, 0.1) is 0 Å². The first-order valence-corrected chi connectivity index (χ1v) is 7.28. The zero-order valence-corrected chi connectivity index (χ0v) is 12.6. The number of nitrogens with two attached hydrogens (primary N) is 1. The normalized spacial score (nSPS) is 12.9. The molecule has 0 saturated heterocycles. The maximum atomic E-state index is 12.1. The van der Waals surface area contributed by atoms with Crippen molar-refractivity contribution in [2.45, 2.75) is 30.1 Å². The van der Waals surface area contributed by atoms with Crippen LogP contribution in [0.1, 0.15) is 13.3 Å². The van der Waals surface area contributed by atoms with Crippen molar-refractivity contribution in [2.75, 3.05) is 0 Å². The zero-order valence-electron chi connectivity index (χ0n) is 11.8. The van der Waals surface area contributed by atoms with E-state index in [9.17, 15) is 18.0 Å². The molecule has 124 valence electrons. The number of tetrazole rings is 1. The molecule has 0 aliphatic carbocycles. The van der Waals surface area contributed by atoms with Gasteiger partial charge in [0.25, 0.3) is 0 Å². The van der Waals surface area contributed by atoms with Crippen LogP contribution in [0.5, 0.6) is 5.75 Å². The number of benzene rings is 1. The number of alkyl halides is 3. The van der Waals surface area contributed by atoms with E-state index in [0.29, 0.717) is 17.3 Å². The zero-order chi connectivity index (χ0) is 17.0. The molecule has 1 heterocycles. The van der Waals surface area contributed by atoms with Gasteiger partial charge in [-0.15, -0.1) is 18.3 Å². The summed E-state index contributed by atoms with van der Waals surface area (Å²) in [6.07, 6.45) is -4.27. The summed E-state index contributed by atoms with van der Waals surface area (Å²) in [5.41, 5.74) is 5.69. The molecule has 1 amide bonds. The van der Waals surface area contributed by atoms with Gasteiger partial charge in [0, 0.05) is 0 Å². The largest absolute Gasteiger partial charge is 0.573 e. The van der Waals surface area contributed by atoms with Crippen molar-refractivity contribution >= 4 is 17.7 Å². The molecule has 2 aromatic rings. The number of rotatable bonds is 6. The predicted octanol–water partition coefficient (Wildman–Crippen LogP) is 1.92. The van der Waals surface area contributed by atoms with Gasteiger partial charge in [0.05, 0.1) is 10.9 Å². The molecule has 0 aliphatic heterocycles. The molecule has 7 nitrogen and oxygen atoms in total. The highest BCUT2D eigenvalue weighted by atomic mass is 32.2. The number of hydrogen-bond donors (Lipinski definition) is 1. The average molecular weight is 347 g/mol. The number of ether oxygens (including phenoxy) is 1. The van der Waals surface area contributed by atoms with Gasteiger partial charge in [0.15, 0.2) is 0 Å². The van der Waals surface area contributed by atoms with Crippen LogP contribution in [-0.4, -0.2) is 37.7 Å². The molecule has 11 heteroatoms. The maximum absolute atomic E-state index is 12.1. The van der Waals surface area contributed by atoms with Gasteiger partial charge in [-0.05, 0) is 41.1 Å². The van der Waals surface area contributed by atoms with E-state index in [1.807, 2.05) is 0 Å². The highest BCUT2D eigenvalue weighted by Crippen LogP contribution is 2.27. The lowest BCUT2D eigenvalue weighted by molar-refractivity contribution is -0.274. The molecule has 0 bridgehead atoms. The van der Waals surface area contributed by atoms with Crippen molar-refractivity contribution in [2.24, 2.45) is 5.73 Å². The molecule has 0 spiro atoms. The van der Waals surface area contributed by atoms with Gasteiger partial charge in [-0.1, -0.05) is 18.7 Å². The number of primary amides is 1. The number of thioether (sulfide) groups is 1. The van der Waals surface area contributed by atoms with Crippen LogP contribution in [0.25, 0.3) is 5.69 Å². The van der Waals surface area contributed by atoms with Crippen molar-refractivity contribution < 1.29 is 22.7 Å². The van der Waals surface area contributed by atoms with Crippen molar-refractivity contribution in [3.63, 3.8) is 0 Å².